The predicted octanol–water partition coefficient (Wildman–Crippen LogP) is 5.27. The van der Waals surface area contributed by atoms with Crippen molar-refractivity contribution in [2.45, 2.75) is 59.1 Å². The monoisotopic (exact) mass is 549 g/mol. The molecular formula is C28H30F3NO7. The minimum Gasteiger partial charge on any atom is -0.497 e. The molecule has 11 heteroatoms. The number of halogens is 3. The zero-order valence-electron chi connectivity index (χ0n) is 22.1. The summed E-state index contributed by atoms with van der Waals surface area (Å²) in [6.07, 6.45) is -3.33. The first-order valence-corrected chi connectivity index (χ1v) is 12.1. The first kappa shape index (κ1) is 29.7. The fraction of sp³-hybridized carbons (Fsp3) is 0.393. The average molecular weight is 550 g/mol. The van der Waals surface area contributed by atoms with Crippen LogP contribution in [0.4, 0.5) is 18.9 Å². The summed E-state index contributed by atoms with van der Waals surface area (Å²) in [5.41, 5.74) is 3.10. The molecule has 1 aliphatic heterocycles. The largest absolute Gasteiger partial charge is 0.497 e. The number of ether oxygens (including phenoxy) is 3. The Labute approximate surface area is 224 Å². The molecule has 1 amide bonds. The molecule has 0 spiro atoms. The molecule has 8 nitrogen and oxygen atoms in total. The van der Waals surface area contributed by atoms with Crippen molar-refractivity contribution >= 4 is 23.5 Å². The lowest BCUT2D eigenvalue weighted by atomic mass is 9.88. The van der Waals surface area contributed by atoms with E-state index < -0.39 is 24.0 Å². The summed E-state index contributed by atoms with van der Waals surface area (Å²) in [6, 6.07) is 7.18. The predicted molar refractivity (Wildman–Crippen MR) is 136 cm³/mol. The van der Waals surface area contributed by atoms with E-state index >= 15 is 0 Å². The SMILES string of the molecule is COc1ccc(COCc2c(C)c3c(c(N(C)C(=O)C(F)(F)F)c2CC=C(C)CCC(=O)O)C(=O)OC3)cc1. The molecule has 210 valence electrons. The molecule has 3 rings (SSSR count). The van der Waals surface area contributed by atoms with Crippen molar-refractivity contribution in [3.8, 4) is 5.75 Å². The zero-order chi connectivity index (χ0) is 28.9. The van der Waals surface area contributed by atoms with Gasteiger partial charge in [0.2, 0.25) is 0 Å². The van der Waals surface area contributed by atoms with Crippen LogP contribution in [0, 0.1) is 6.92 Å². The number of anilines is 1. The van der Waals surface area contributed by atoms with Crippen LogP contribution >= 0.6 is 0 Å². The van der Waals surface area contributed by atoms with Gasteiger partial charge in [0.05, 0.1) is 31.6 Å². The number of carboxylic acids is 1. The van der Waals surface area contributed by atoms with Gasteiger partial charge < -0.3 is 24.2 Å². The maximum absolute atomic E-state index is 13.5. The molecule has 0 aliphatic carbocycles. The molecular weight excluding hydrogens is 519 g/mol. The molecule has 0 atom stereocenters. The molecule has 39 heavy (non-hydrogen) atoms. The van der Waals surface area contributed by atoms with Gasteiger partial charge in [-0.05, 0) is 61.1 Å². The minimum absolute atomic E-state index is 0.0161. The number of amides is 1. The summed E-state index contributed by atoms with van der Waals surface area (Å²) in [5, 5.41) is 8.98. The fourth-order valence-electron chi connectivity index (χ4n) is 4.40. The number of nitrogens with zero attached hydrogens (tertiary/aromatic N) is 1. The number of benzene rings is 2. The third kappa shape index (κ3) is 6.97. The van der Waals surface area contributed by atoms with E-state index in [-0.39, 0.29) is 50.3 Å². The lowest BCUT2D eigenvalue weighted by Crippen LogP contribution is -2.40. The highest BCUT2D eigenvalue weighted by Gasteiger charge is 2.44. The molecule has 0 fully saturated rings. The van der Waals surface area contributed by atoms with Crippen LogP contribution in [0.1, 0.15) is 57.9 Å². The maximum Gasteiger partial charge on any atom is 0.471 e. The van der Waals surface area contributed by atoms with Gasteiger partial charge in [0.25, 0.3) is 0 Å². The van der Waals surface area contributed by atoms with Crippen molar-refractivity contribution in [3.05, 3.63) is 69.3 Å². The van der Waals surface area contributed by atoms with E-state index in [9.17, 15) is 27.6 Å². The Morgan fingerprint density at radius 3 is 2.38 bits per heavy atom. The van der Waals surface area contributed by atoms with Gasteiger partial charge in [0.15, 0.2) is 0 Å². The Balaban J connectivity index is 2.08. The highest BCUT2D eigenvalue weighted by Crippen LogP contribution is 2.40. The highest BCUT2D eigenvalue weighted by molar-refractivity contribution is 6.07. The van der Waals surface area contributed by atoms with E-state index in [1.54, 1.807) is 39.2 Å². The molecule has 1 heterocycles. The number of allylic oxidation sites excluding steroid dienone is 2. The molecule has 2 aromatic carbocycles. The Morgan fingerprint density at radius 2 is 1.79 bits per heavy atom. The van der Waals surface area contributed by atoms with E-state index in [0.29, 0.717) is 38.5 Å². The molecule has 1 N–H and O–H groups in total. The van der Waals surface area contributed by atoms with E-state index in [1.165, 1.54) is 0 Å². The molecule has 0 saturated carbocycles. The third-order valence-corrected chi connectivity index (χ3v) is 6.59. The zero-order valence-corrected chi connectivity index (χ0v) is 22.1. The number of carbonyl (C=O) groups excluding carboxylic acids is 2. The van der Waals surface area contributed by atoms with E-state index in [4.69, 9.17) is 19.3 Å². The number of carbonyl (C=O) groups is 3. The average Bonchev–Trinajstić information content (AvgIpc) is 3.27. The summed E-state index contributed by atoms with van der Waals surface area (Å²) in [7, 11) is 2.52. The molecule has 2 aromatic rings. The molecule has 0 bridgehead atoms. The number of methoxy groups -OCH3 is 1. The van der Waals surface area contributed by atoms with Crippen LogP contribution in [0.5, 0.6) is 5.75 Å². The fourth-order valence-corrected chi connectivity index (χ4v) is 4.40. The van der Waals surface area contributed by atoms with E-state index in [0.717, 1.165) is 12.6 Å². The number of aliphatic carboxylic acids is 1. The van der Waals surface area contributed by atoms with Crippen LogP contribution in [0.2, 0.25) is 0 Å². The van der Waals surface area contributed by atoms with Gasteiger partial charge in [-0.3, -0.25) is 9.59 Å². The second-order valence-corrected chi connectivity index (χ2v) is 9.21. The Morgan fingerprint density at radius 1 is 1.13 bits per heavy atom. The van der Waals surface area contributed by atoms with Crippen molar-refractivity contribution < 1.29 is 46.9 Å². The van der Waals surface area contributed by atoms with Crippen LogP contribution in [-0.4, -0.2) is 43.3 Å². The van der Waals surface area contributed by atoms with Crippen LogP contribution in [0.25, 0.3) is 0 Å². The lowest BCUT2D eigenvalue weighted by Gasteiger charge is -2.27. The number of carboxylic acid groups (broad SMARTS) is 1. The van der Waals surface area contributed by atoms with Crippen molar-refractivity contribution in [3.63, 3.8) is 0 Å². The number of rotatable bonds is 11. The van der Waals surface area contributed by atoms with Gasteiger partial charge >= 0.3 is 24.0 Å². The van der Waals surface area contributed by atoms with Crippen LogP contribution < -0.4 is 9.64 Å². The molecule has 0 saturated heterocycles. The number of hydrogen-bond acceptors (Lipinski definition) is 6. The second kappa shape index (κ2) is 12.3. The van der Waals surface area contributed by atoms with Crippen molar-refractivity contribution in [1.29, 1.82) is 0 Å². The van der Waals surface area contributed by atoms with Crippen molar-refractivity contribution in [2.24, 2.45) is 0 Å². The summed E-state index contributed by atoms with van der Waals surface area (Å²) < 4.78 is 56.7. The molecule has 1 aliphatic rings. The lowest BCUT2D eigenvalue weighted by molar-refractivity contribution is -0.170. The summed E-state index contributed by atoms with van der Waals surface area (Å²) >= 11 is 0. The first-order valence-electron chi connectivity index (χ1n) is 12.1. The number of alkyl halides is 3. The van der Waals surface area contributed by atoms with Gasteiger partial charge in [0.1, 0.15) is 12.4 Å². The van der Waals surface area contributed by atoms with Crippen molar-refractivity contribution in [1.82, 2.24) is 0 Å². The van der Waals surface area contributed by atoms with E-state index in [1.807, 2.05) is 12.1 Å². The molecule has 0 radical (unpaired) electrons. The topological polar surface area (TPSA) is 102 Å². The summed E-state index contributed by atoms with van der Waals surface area (Å²) in [6.45, 7) is 3.47. The van der Waals surface area contributed by atoms with E-state index in [2.05, 4.69) is 0 Å². The van der Waals surface area contributed by atoms with Crippen molar-refractivity contribution in [2.75, 3.05) is 19.1 Å². The molecule has 0 unspecified atom stereocenters. The van der Waals surface area contributed by atoms with Crippen LogP contribution in [0.15, 0.2) is 35.9 Å². The smallest absolute Gasteiger partial charge is 0.471 e. The quantitative estimate of drug-likeness (QED) is 0.301. The van der Waals surface area contributed by atoms with Gasteiger partial charge in [-0.2, -0.15) is 13.2 Å². The standard InChI is InChI=1S/C28H30F3NO7/c1-16(6-12-23(33)34)5-11-20-21(14-38-13-18-7-9-19(37-4)10-8-18)17(2)22-15-39-26(35)24(22)25(20)32(3)27(36)28(29,30)31/h5,7-10H,6,11-15H2,1-4H3,(H,33,34). The normalized spacial score (nSPS) is 13.2. The van der Waals surface area contributed by atoms with Gasteiger partial charge in [-0.25, -0.2) is 4.79 Å². The Bertz CT molecular complexity index is 1280. The first-order chi connectivity index (χ1) is 18.3. The number of esters is 1. The summed E-state index contributed by atoms with van der Waals surface area (Å²) in [5.74, 6) is -3.26. The Kier molecular flexibility index (Phi) is 9.39. The summed E-state index contributed by atoms with van der Waals surface area (Å²) in [4.78, 5) is 36.4. The second-order valence-electron chi connectivity index (χ2n) is 9.21. The number of cyclic esters (lactones) is 1. The maximum atomic E-state index is 13.5. The molecule has 0 aromatic heterocycles. The third-order valence-electron chi connectivity index (χ3n) is 6.59. The van der Waals surface area contributed by atoms with Crippen LogP contribution in [0.3, 0.4) is 0 Å². The Hall–Kier alpha value is -3.86. The van der Waals surface area contributed by atoms with Crippen LogP contribution in [-0.2, 0) is 45.3 Å². The minimum atomic E-state index is -5.18. The highest BCUT2D eigenvalue weighted by atomic mass is 19.4. The van der Waals surface area contributed by atoms with Gasteiger partial charge in [0, 0.05) is 19.0 Å². The number of hydrogen-bond donors (Lipinski definition) is 1. The van der Waals surface area contributed by atoms with Gasteiger partial charge in [-0.15, -0.1) is 0 Å². The number of fused-ring (bicyclic) bond motifs is 1. The van der Waals surface area contributed by atoms with Gasteiger partial charge in [-0.1, -0.05) is 23.8 Å².